The normalized spacial score (nSPS) is 11.3. The summed E-state index contributed by atoms with van der Waals surface area (Å²) < 4.78 is 0. The SMILES string of the molecule is Nc1nc2nc[nH]c2cc1N=Cc1ccccc1. The first kappa shape index (κ1) is 10.5. The topological polar surface area (TPSA) is 80.0 Å². The minimum Gasteiger partial charge on any atom is -0.382 e. The fourth-order valence-corrected chi connectivity index (χ4v) is 1.66. The molecule has 1 aromatic carbocycles. The smallest absolute Gasteiger partial charge is 0.179 e. The van der Waals surface area contributed by atoms with Crippen LogP contribution in [-0.2, 0) is 0 Å². The van der Waals surface area contributed by atoms with Crippen LogP contribution in [0.2, 0.25) is 0 Å². The molecular weight excluding hydrogens is 226 g/mol. The maximum Gasteiger partial charge on any atom is 0.179 e. The number of imidazole rings is 1. The third kappa shape index (κ3) is 1.93. The second-order valence-electron chi connectivity index (χ2n) is 3.84. The molecule has 0 saturated heterocycles. The zero-order chi connectivity index (χ0) is 12.4. The first-order valence-corrected chi connectivity index (χ1v) is 5.51. The van der Waals surface area contributed by atoms with E-state index in [1.807, 2.05) is 36.4 Å². The van der Waals surface area contributed by atoms with Crippen LogP contribution in [0.1, 0.15) is 5.56 Å². The van der Waals surface area contributed by atoms with E-state index in [9.17, 15) is 0 Å². The summed E-state index contributed by atoms with van der Waals surface area (Å²) in [6.07, 6.45) is 3.34. The zero-order valence-corrected chi connectivity index (χ0v) is 9.54. The molecule has 5 heteroatoms. The Morgan fingerprint density at radius 3 is 2.89 bits per heavy atom. The van der Waals surface area contributed by atoms with Gasteiger partial charge in [0.2, 0.25) is 0 Å². The van der Waals surface area contributed by atoms with Crippen LogP contribution >= 0.6 is 0 Å². The first-order valence-electron chi connectivity index (χ1n) is 5.51. The van der Waals surface area contributed by atoms with Gasteiger partial charge in [0.25, 0.3) is 0 Å². The lowest BCUT2D eigenvalue weighted by molar-refractivity contribution is 1.30. The summed E-state index contributed by atoms with van der Waals surface area (Å²) in [7, 11) is 0. The van der Waals surface area contributed by atoms with Gasteiger partial charge in [0.15, 0.2) is 11.5 Å². The predicted octanol–water partition coefficient (Wildman–Crippen LogP) is 2.29. The van der Waals surface area contributed by atoms with Crippen molar-refractivity contribution in [2.75, 3.05) is 5.73 Å². The van der Waals surface area contributed by atoms with E-state index in [1.165, 1.54) is 0 Å². The van der Waals surface area contributed by atoms with Crippen LogP contribution in [-0.4, -0.2) is 21.2 Å². The second-order valence-corrected chi connectivity index (χ2v) is 3.84. The Morgan fingerprint density at radius 2 is 2.06 bits per heavy atom. The number of benzene rings is 1. The Morgan fingerprint density at radius 1 is 1.22 bits per heavy atom. The van der Waals surface area contributed by atoms with E-state index in [1.54, 1.807) is 12.5 Å². The molecule has 0 unspecified atom stereocenters. The van der Waals surface area contributed by atoms with Crippen LogP contribution in [0, 0.1) is 0 Å². The highest BCUT2D eigenvalue weighted by Gasteiger charge is 2.03. The van der Waals surface area contributed by atoms with Crippen LogP contribution in [0.5, 0.6) is 0 Å². The van der Waals surface area contributed by atoms with Crippen molar-refractivity contribution in [2.24, 2.45) is 4.99 Å². The molecule has 2 heterocycles. The summed E-state index contributed by atoms with van der Waals surface area (Å²) in [5.74, 6) is 0.377. The molecule has 5 nitrogen and oxygen atoms in total. The van der Waals surface area contributed by atoms with Gasteiger partial charge in [0.05, 0.1) is 11.8 Å². The number of anilines is 1. The summed E-state index contributed by atoms with van der Waals surface area (Å²) in [6, 6.07) is 11.7. The molecule has 0 aliphatic carbocycles. The summed E-state index contributed by atoms with van der Waals surface area (Å²) in [4.78, 5) is 15.5. The number of hydrogen-bond acceptors (Lipinski definition) is 4. The zero-order valence-electron chi connectivity index (χ0n) is 9.54. The van der Waals surface area contributed by atoms with Gasteiger partial charge in [0.1, 0.15) is 5.69 Å². The number of hydrogen-bond donors (Lipinski definition) is 2. The molecule has 0 aliphatic rings. The average Bonchev–Trinajstić information content (AvgIpc) is 2.84. The molecule has 0 radical (unpaired) electrons. The Balaban J connectivity index is 1.99. The molecule has 18 heavy (non-hydrogen) atoms. The van der Waals surface area contributed by atoms with Crippen molar-refractivity contribution in [3.05, 3.63) is 48.3 Å². The summed E-state index contributed by atoms with van der Waals surface area (Å²) >= 11 is 0. The fourth-order valence-electron chi connectivity index (χ4n) is 1.66. The molecule has 0 fully saturated rings. The highest BCUT2D eigenvalue weighted by molar-refractivity contribution is 5.86. The molecule has 0 spiro atoms. The van der Waals surface area contributed by atoms with Crippen LogP contribution in [0.25, 0.3) is 11.2 Å². The third-order valence-corrected chi connectivity index (χ3v) is 2.57. The lowest BCUT2D eigenvalue weighted by atomic mass is 10.2. The van der Waals surface area contributed by atoms with E-state index in [4.69, 9.17) is 5.73 Å². The van der Waals surface area contributed by atoms with Crippen LogP contribution in [0.3, 0.4) is 0 Å². The Labute approximate surface area is 103 Å². The lowest BCUT2D eigenvalue weighted by Crippen LogP contribution is -1.91. The number of aliphatic imine (C=N–C) groups is 1. The van der Waals surface area contributed by atoms with Gasteiger partial charge in [-0.3, -0.25) is 4.99 Å². The molecule has 0 atom stereocenters. The van der Waals surface area contributed by atoms with Crippen molar-refractivity contribution >= 4 is 28.9 Å². The van der Waals surface area contributed by atoms with E-state index in [2.05, 4.69) is 19.9 Å². The molecule has 3 N–H and O–H groups in total. The maximum absolute atomic E-state index is 5.83. The molecule has 0 bridgehead atoms. The number of pyridine rings is 1. The average molecular weight is 237 g/mol. The van der Waals surface area contributed by atoms with Crippen molar-refractivity contribution in [1.29, 1.82) is 0 Å². The molecule has 88 valence electrons. The highest BCUT2D eigenvalue weighted by atomic mass is 15.0. The quantitative estimate of drug-likeness (QED) is 0.671. The number of nitrogens with zero attached hydrogens (tertiary/aromatic N) is 3. The third-order valence-electron chi connectivity index (χ3n) is 2.57. The van der Waals surface area contributed by atoms with E-state index in [0.717, 1.165) is 11.1 Å². The number of aromatic amines is 1. The van der Waals surface area contributed by atoms with E-state index < -0.39 is 0 Å². The van der Waals surface area contributed by atoms with Gasteiger partial charge in [0, 0.05) is 6.21 Å². The first-order chi connectivity index (χ1) is 8.83. The number of nitrogens with two attached hydrogens (primary N) is 1. The molecule has 2 aromatic heterocycles. The van der Waals surface area contributed by atoms with Crippen molar-refractivity contribution in [1.82, 2.24) is 15.0 Å². The largest absolute Gasteiger partial charge is 0.382 e. The molecule has 0 amide bonds. The van der Waals surface area contributed by atoms with Gasteiger partial charge in [-0.25, -0.2) is 9.97 Å². The van der Waals surface area contributed by atoms with Gasteiger partial charge in [-0.15, -0.1) is 0 Å². The number of rotatable bonds is 2. The molecule has 0 saturated carbocycles. The minimum absolute atomic E-state index is 0.377. The van der Waals surface area contributed by atoms with Crippen LogP contribution < -0.4 is 5.73 Å². The van der Waals surface area contributed by atoms with E-state index in [-0.39, 0.29) is 0 Å². The predicted molar refractivity (Wildman–Crippen MR) is 72.0 cm³/mol. The Bertz CT molecular complexity index is 700. The summed E-state index contributed by atoms with van der Waals surface area (Å²) in [5.41, 5.74) is 8.91. The number of nitrogen functional groups attached to an aromatic ring is 1. The van der Waals surface area contributed by atoms with Crippen molar-refractivity contribution in [3.63, 3.8) is 0 Å². The maximum atomic E-state index is 5.83. The van der Waals surface area contributed by atoms with Crippen molar-refractivity contribution < 1.29 is 0 Å². The molecule has 3 rings (SSSR count). The number of fused-ring (bicyclic) bond motifs is 1. The Kier molecular flexibility index (Phi) is 2.49. The van der Waals surface area contributed by atoms with E-state index in [0.29, 0.717) is 17.2 Å². The molecule has 0 aliphatic heterocycles. The molecule has 3 aromatic rings. The number of nitrogens with one attached hydrogen (secondary N) is 1. The minimum atomic E-state index is 0.377. The monoisotopic (exact) mass is 237 g/mol. The second kappa shape index (κ2) is 4.29. The Hall–Kier alpha value is -2.69. The van der Waals surface area contributed by atoms with Gasteiger partial charge >= 0.3 is 0 Å². The van der Waals surface area contributed by atoms with Gasteiger partial charge in [-0.05, 0) is 11.6 Å². The van der Waals surface area contributed by atoms with Crippen LogP contribution in [0.4, 0.5) is 11.5 Å². The van der Waals surface area contributed by atoms with E-state index >= 15 is 0 Å². The van der Waals surface area contributed by atoms with Gasteiger partial charge in [-0.2, -0.15) is 0 Å². The summed E-state index contributed by atoms with van der Waals surface area (Å²) in [5, 5.41) is 0. The lowest BCUT2D eigenvalue weighted by Gasteiger charge is -1.98. The highest BCUT2D eigenvalue weighted by Crippen LogP contribution is 2.23. The van der Waals surface area contributed by atoms with Gasteiger partial charge in [-0.1, -0.05) is 30.3 Å². The molecular formula is C13H11N5. The summed E-state index contributed by atoms with van der Waals surface area (Å²) in [6.45, 7) is 0. The fraction of sp³-hybridized carbons (Fsp3) is 0. The van der Waals surface area contributed by atoms with Crippen molar-refractivity contribution in [2.45, 2.75) is 0 Å². The number of H-pyrrole nitrogens is 1. The van der Waals surface area contributed by atoms with Gasteiger partial charge < -0.3 is 10.7 Å². The number of aromatic nitrogens is 3. The standard InChI is InChI=1S/C13H11N5/c14-12-10(6-11-13(18-12)17-8-16-11)15-7-9-4-2-1-3-5-9/h1-8H,(H3,14,16,17,18). The van der Waals surface area contributed by atoms with Crippen LogP contribution in [0.15, 0.2) is 47.7 Å². The van der Waals surface area contributed by atoms with Crippen molar-refractivity contribution in [3.8, 4) is 0 Å².